The van der Waals surface area contributed by atoms with Gasteiger partial charge in [-0.3, -0.25) is 4.79 Å². The van der Waals surface area contributed by atoms with E-state index < -0.39 is 41.3 Å². The summed E-state index contributed by atoms with van der Waals surface area (Å²) in [6, 6.07) is 5.39. The number of benzene rings is 1. The predicted molar refractivity (Wildman–Crippen MR) is 144 cm³/mol. The Morgan fingerprint density at radius 1 is 1.19 bits per heavy atom. The second-order valence-electron chi connectivity index (χ2n) is 10.1. The predicted octanol–water partition coefficient (Wildman–Crippen LogP) is 1.74. The molecule has 8 nitrogen and oxygen atoms in total. The number of carbonyl (C=O) groups excluding carboxylic acids is 1. The van der Waals surface area contributed by atoms with Gasteiger partial charge in [0.15, 0.2) is 0 Å². The van der Waals surface area contributed by atoms with E-state index in [2.05, 4.69) is 16.0 Å². The Bertz CT molecular complexity index is 837. The lowest BCUT2D eigenvalue weighted by atomic mass is 9.92. The lowest BCUT2D eigenvalue weighted by molar-refractivity contribution is -0.205. The van der Waals surface area contributed by atoms with Crippen LogP contribution in [0.15, 0.2) is 24.3 Å². The van der Waals surface area contributed by atoms with E-state index in [-0.39, 0.29) is 17.8 Å². The first kappa shape index (κ1) is 30.6. The van der Waals surface area contributed by atoms with Gasteiger partial charge in [0, 0.05) is 6.54 Å². The fourth-order valence-corrected chi connectivity index (χ4v) is 5.95. The quantitative estimate of drug-likeness (QED) is 0.178. The van der Waals surface area contributed by atoms with Gasteiger partial charge in [0.2, 0.25) is 5.91 Å². The van der Waals surface area contributed by atoms with Crippen LogP contribution in [0.2, 0.25) is 0 Å². The van der Waals surface area contributed by atoms with Crippen molar-refractivity contribution in [2.45, 2.75) is 92.9 Å². The molecular weight excluding hydrogens is 521 g/mol. The third-order valence-electron chi connectivity index (χ3n) is 7.33. The first-order chi connectivity index (χ1) is 17.7. The van der Waals surface area contributed by atoms with Gasteiger partial charge in [-0.1, -0.05) is 12.1 Å². The number of aliphatic hydroxyl groups excluding tert-OH is 3. The molecule has 1 aromatic rings. The second kappa shape index (κ2) is 15.0. The van der Waals surface area contributed by atoms with Crippen molar-refractivity contribution in [3.63, 3.8) is 0 Å². The molecule has 2 saturated heterocycles. The van der Waals surface area contributed by atoms with Crippen molar-refractivity contribution in [2.75, 3.05) is 19.3 Å². The van der Waals surface area contributed by atoms with Gasteiger partial charge < -0.3 is 36.0 Å². The van der Waals surface area contributed by atoms with E-state index in [0.29, 0.717) is 18.9 Å². The summed E-state index contributed by atoms with van der Waals surface area (Å²) in [6.07, 6.45) is 1.46. The van der Waals surface area contributed by atoms with Crippen LogP contribution < -0.4 is 16.0 Å². The Balaban J connectivity index is 1.44. The number of nitrogens with one attached hydrogen (secondary N) is 3. The summed E-state index contributed by atoms with van der Waals surface area (Å²) in [6.45, 7) is 4.02. The third-order valence-corrected chi connectivity index (χ3v) is 8.45. The van der Waals surface area contributed by atoms with E-state index in [9.17, 15) is 24.5 Å². The van der Waals surface area contributed by atoms with Gasteiger partial charge >= 0.3 is 0 Å². The average molecular weight is 562 g/mol. The first-order valence-electron chi connectivity index (χ1n) is 13.1. The van der Waals surface area contributed by atoms with Crippen molar-refractivity contribution in [3.05, 3.63) is 35.6 Å². The van der Waals surface area contributed by atoms with Gasteiger partial charge in [-0.2, -0.15) is 0 Å². The number of hydrogen-bond donors (Lipinski definition) is 6. The summed E-state index contributed by atoms with van der Waals surface area (Å²) in [4.78, 5) is 13.2. The highest BCUT2D eigenvalue weighted by Crippen LogP contribution is 2.30. The molecule has 6 N–H and O–H groups in total. The second-order valence-corrected chi connectivity index (χ2v) is 11.7. The van der Waals surface area contributed by atoms with Crippen LogP contribution in [-0.2, 0) is 16.1 Å². The first-order valence-corrected chi connectivity index (χ1v) is 14.8. The molecule has 210 valence electrons. The van der Waals surface area contributed by atoms with E-state index in [1.54, 1.807) is 25.3 Å². The molecule has 37 heavy (non-hydrogen) atoms. The third kappa shape index (κ3) is 8.76. The Morgan fingerprint density at radius 2 is 1.92 bits per heavy atom. The fraction of sp³-hybridized carbons (Fsp3) is 0.731. The molecule has 9 atom stereocenters. The van der Waals surface area contributed by atoms with Crippen LogP contribution >= 0.6 is 23.4 Å². The number of rotatable bonds is 11. The summed E-state index contributed by atoms with van der Waals surface area (Å²) in [5.74, 6) is 0.0764. The number of amides is 1. The zero-order valence-corrected chi connectivity index (χ0v) is 23.1. The smallest absolute Gasteiger partial charge is 0.237 e. The number of aliphatic hydroxyl groups is 3. The van der Waals surface area contributed by atoms with Gasteiger partial charge in [-0.25, -0.2) is 4.39 Å². The minimum absolute atomic E-state index is 0.212. The highest BCUT2D eigenvalue weighted by atomic mass is 35.5. The zero-order valence-electron chi connectivity index (χ0n) is 21.5. The highest BCUT2D eigenvalue weighted by molar-refractivity contribution is 7.99. The maximum absolute atomic E-state index is 13.2. The van der Waals surface area contributed by atoms with Crippen LogP contribution in [0.4, 0.5) is 4.39 Å². The standard InChI is InChI=1S/C26H41ClFN3O5S/c1-15(27)20(24-22(33)21(32)23(34)26(36-24)37-2)31-25(35)19-10-7-16(11-13-30-19)4-3-12-29-14-17-5-8-18(28)9-6-17/h5-6,8-9,15-16,19-24,26,29-30,32-34H,3-4,7,10-14H2,1-2H3,(H,31,35). The monoisotopic (exact) mass is 561 g/mol. The minimum atomic E-state index is -1.40. The lowest BCUT2D eigenvalue weighted by Gasteiger charge is -2.44. The molecule has 1 aromatic carbocycles. The molecule has 2 heterocycles. The van der Waals surface area contributed by atoms with Crippen molar-refractivity contribution < 1.29 is 29.2 Å². The Labute approximate surface area is 228 Å². The number of carbonyl (C=O) groups is 1. The average Bonchev–Trinajstić information content (AvgIpc) is 3.13. The summed E-state index contributed by atoms with van der Waals surface area (Å²) in [7, 11) is 0. The van der Waals surface area contributed by atoms with E-state index in [1.807, 2.05) is 0 Å². The molecule has 2 aliphatic rings. The van der Waals surface area contributed by atoms with Crippen LogP contribution in [0.25, 0.3) is 0 Å². The fourth-order valence-electron chi connectivity index (χ4n) is 5.06. The number of ether oxygens (including phenoxy) is 1. The summed E-state index contributed by atoms with van der Waals surface area (Å²) in [5, 5.41) is 40.1. The van der Waals surface area contributed by atoms with E-state index in [0.717, 1.165) is 44.3 Å². The molecule has 11 heteroatoms. The zero-order chi connectivity index (χ0) is 26.9. The lowest BCUT2D eigenvalue weighted by Crippen LogP contribution is -2.65. The highest BCUT2D eigenvalue weighted by Gasteiger charge is 2.48. The van der Waals surface area contributed by atoms with Crippen molar-refractivity contribution in [1.82, 2.24) is 16.0 Å². The normalized spacial score (nSPS) is 32.4. The number of alkyl halides is 1. The van der Waals surface area contributed by atoms with Gasteiger partial charge in [-0.05, 0) is 82.0 Å². The molecule has 0 radical (unpaired) electrons. The minimum Gasteiger partial charge on any atom is -0.388 e. The van der Waals surface area contributed by atoms with Gasteiger partial charge in [0.25, 0.3) is 0 Å². The summed E-state index contributed by atoms with van der Waals surface area (Å²) < 4.78 is 18.9. The largest absolute Gasteiger partial charge is 0.388 e. The maximum Gasteiger partial charge on any atom is 0.237 e. The molecule has 2 aliphatic heterocycles. The molecule has 1 amide bonds. The van der Waals surface area contributed by atoms with Crippen molar-refractivity contribution >= 4 is 29.3 Å². The van der Waals surface area contributed by atoms with Crippen molar-refractivity contribution in [3.8, 4) is 0 Å². The number of halogens is 2. The van der Waals surface area contributed by atoms with E-state index in [1.165, 1.54) is 23.9 Å². The molecule has 3 rings (SSSR count). The molecule has 0 saturated carbocycles. The molecular formula is C26H41ClFN3O5S. The number of hydrogen-bond acceptors (Lipinski definition) is 8. The summed E-state index contributed by atoms with van der Waals surface area (Å²) >= 11 is 7.61. The Kier molecular flexibility index (Phi) is 12.4. The Hall–Kier alpha value is -0.980. The van der Waals surface area contributed by atoms with Crippen LogP contribution in [0.3, 0.4) is 0 Å². The van der Waals surface area contributed by atoms with E-state index in [4.69, 9.17) is 16.3 Å². The van der Waals surface area contributed by atoms with Gasteiger partial charge in [0.1, 0.15) is 35.7 Å². The maximum atomic E-state index is 13.2. The van der Waals surface area contributed by atoms with Crippen LogP contribution in [0, 0.1) is 11.7 Å². The molecule has 0 spiro atoms. The van der Waals surface area contributed by atoms with Crippen LogP contribution in [0.1, 0.15) is 44.6 Å². The molecule has 9 unspecified atom stereocenters. The van der Waals surface area contributed by atoms with Crippen molar-refractivity contribution in [1.29, 1.82) is 0 Å². The summed E-state index contributed by atoms with van der Waals surface area (Å²) in [5.41, 5.74) is 0.319. The topological polar surface area (TPSA) is 123 Å². The SMILES string of the molecule is CSC1OC(C(NC(=O)C2CCC(CCCNCc3ccc(F)cc3)CCN2)C(C)Cl)C(O)C(O)C1O. The van der Waals surface area contributed by atoms with Crippen molar-refractivity contribution in [2.24, 2.45) is 5.92 Å². The Morgan fingerprint density at radius 3 is 2.59 bits per heavy atom. The van der Waals surface area contributed by atoms with Crippen LogP contribution in [-0.4, -0.2) is 87.9 Å². The molecule has 2 fully saturated rings. The molecule has 0 bridgehead atoms. The van der Waals surface area contributed by atoms with E-state index >= 15 is 0 Å². The van der Waals surface area contributed by atoms with Gasteiger partial charge in [0.05, 0.1) is 17.5 Å². The van der Waals surface area contributed by atoms with Crippen LogP contribution in [0.5, 0.6) is 0 Å². The number of thioether (sulfide) groups is 1. The molecule has 0 aliphatic carbocycles. The van der Waals surface area contributed by atoms with Gasteiger partial charge in [-0.15, -0.1) is 23.4 Å². The molecule has 0 aromatic heterocycles.